The van der Waals surface area contributed by atoms with E-state index in [1.807, 2.05) is 29.2 Å². The summed E-state index contributed by atoms with van der Waals surface area (Å²) in [6.07, 6.45) is 0.573. The number of nitrogens with two attached hydrogens (primary N) is 2. The van der Waals surface area contributed by atoms with Gasteiger partial charge in [-0.05, 0) is 36.2 Å². The fourth-order valence-corrected chi connectivity index (χ4v) is 2.59. The van der Waals surface area contributed by atoms with E-state index in [1.54, 1.807) is 18.2 Å². The maximum absolute atomic E-state index is 9.34. The van der Waals surface area contributed by atoms with Crippen molar-refractivity contribution in [3.63, 3.8) is 0 Å². The number of aliphatic hydroxyl groups excluding tert-OH is 2. The van der Waals surface area contributed by atoms with Crippen LogP contribution in [0.25, 0.3) is 0 Å². The van der Waals surface area contributed by atoms with Crippen LogP contribution in [0.4, 0.5) is 17.1 Å². The number of para-hydroxylation sites is 1. The highest BCUT2D eigenvalue weighted by Gasteiger charge is 2.11. The molecule has 0 saturated heterocycles. The monoisotopic (exact) mass is 331 g/mol. The van der Waals surface area contributed by atoms with Crippen LogP contribution in [0.2, 0.25) is 0 Å². The van der Waals surface area contributed by atoms with Gasteiger partial charge in [-0.25, -0.2) is 0 Å². The summed E-state index contributed by atoms with van der Waals surface area (Å²) >= 11 is 0. The average Bonchev–Trinajstić information content (AvgIpc) is 2.57. The van der Waals surface area contributed by atoms with Crippen molar-refractivity contribution in [2.75, 3.05) is 49.3 Å². The van der Waals surface area contributed by atoms with Crippen LogP contribution in [-0.4, -0.2) is 43.1 Å². The van der Waals surface area contributed by atoms with Crippen molar-refractivity contribution < 1.29 is 14.9 Å². The molecule has 0 aliphatic carbocycles. The topological polar surface area (TPSA) is 105 Å². The highest BCUT2D eigenvalue weighted by atomic mass is 16.5. The molecule has 0 aromatic heterocycles. The Morgan fingerprint density at radius 3 is 2.46 bits per heavy atom. The summed E-state index contributed by atoms with van der Waals surface area (Å²) in [6, 6.07) is 13.0. The molecule has 0 spiro atoms. The molecule has 2 rings (SSSR count). The molecule has 0 unspecified atom stereocenters. The third-order valence-electron chi connectivity index (χ3n) is 3.74. The number of benzene rings is 2. The lowest BCUT2D eigenvalue weighted by Gasteiger charge is -2.26. The highest BCUT2D eigenvalue weighted by molar-refractivity contribution is 5.60. The van der Waals surface area contributed by atoms with E-state index < -0.39 is 0 Å². The van der Waals surface area contributed by atoms with E-state index in [-0.39, 0.29) is 13.2 Å². The first-order valence-electron chi connectivity index (χ1n) is 7.98. The SMILES string of the molecule is Nc1ccc(OCCN(CCO)c2ccccc2CCO)c(N)c1. The smallest absolute Gasteiger partial charge is 0.142 e. The molecule has 0 fully saturated rings. The number of nitrogen functional groups attached to an aromatic ring is 2. The van der Waals surface area contributed by atoms with Crippen LogP contribution in [0.15, 0.2) is 42.5 Å². The molecule has 2 aromatic rings. The quantitative estimate of drug-likeness (QED) is 0.516. The Bertz CT molecular complexity index is 649. The van der Waals surface area contributed by atoms with Gasteiger partial charge in [0, 0.05) is 24.5 Å². The highest BCUT2D eigenvalue weighted by Crippen LogP contribution is 2.24. The van der Waals surface area contributed by atoms with Crippen LogP contribution in [0.5, 0.6) is 5.75 Å². The van der Waals surface area contributed by atoms with Gasteiger partial charge in [0.2, 0.25) is 0 Å². The van der Waals surface area contributed by atoms with Gasteiger partial charge >= 0.3 is 0 Å². The summed E-state index contributed by atoms with van der Waals surface area (Å²) in [5, 5.41) is 18.6. The summed E-state index contributed by atoms with van der Waals surface area (Å²) in [6.45, 7) is 1.62. The Kier molecular flexibility index (Phi) is 6.72. The first kappa shape index (κ1) is 17.9. The molecule has 0 atom stereocenters. The molecule has 0 amide bonds. The van der Waals surface area contributed by atoms with Crippen molar-refractivity contribution in [1.82, 2.24) is 0 Å². The van der Waals surface area contributed by atoms with Gasteiger partial charge in [-0.3, -0.25) is 0 Å². The molecule has 2 aromatic carbocycles. The van der Waals surface area contributed by atoms with Crippen LogP contribution >= 0.6 is 0 Å². The largest absolute Gasteiger partial charge is 0.490 e. The van der Waals surface area contributed by atoms with E-state index in [1.165, 1.54) is 0 Å². The van der Waals surface area contributed by atoms with Gasteiger partial charge in [0.25, 0.3) is 0 Å². The first-order valence-corrected chi connectivity index (χ1v) is 7.98. The van der Waals surface area contributed by atoms with Gasteiger partial charge in [-0.15, -0.1) is 0 Å². The first-order chi connectivity index (χ1) is 11.7. The predicted octanol–water partition coefficient (Wildman–Crippen LogP) is 1.26. The fraction of sp³-hybridized carbons (Fsp3) is 0.333. The summed E-state index contributed by atoms with van der Waals surface area (Å²) in [7, 11) is 0. The maximum atomic E-state index is 9.34. The maximum Gasteiger partial charge on any atom is 0.142 e. The van der Waals surface area contributed by atoms with Gasteiger partial charge in [0.15, 0.2) is 0 Å². The fourth-order valence-electron chi connectivity index (χ4n) is 2.59. The number of aliphatic hydroxyl groups is 2. The normalized spacial score (nSPS) is 10.6. The number of ether oxygens (including phenoxy) is 1. The van der Waals surface area contributed by atoms with Crippen molar-refractivity contribution in [2.45, 2.75) is 6.42 Å². The number of anilines is 3. The molecule has 0 aliphatic rings. The van der Waals surface area contributed by atoms with Crippen molar-refractivity contribution >= 4 is 17.1 Å². The molecule has 6 heteroatoms. The zero-order chi connectivity index (χ0) is 17.4. The minimum absolute atomic E-state index is 0.0392. The molecule has 0 bridgehead atoms. The standard InChI is InChI=1S/C18H25N3O3/c19-15-5-6-18(16(20)13-15)24-12-9-21(8-11-23)17-4-2-1-3-14(17)7-10-22/h1-6,13,22-23H,7-12,19-20H2. The molecule has 0 aliphatic heterocycles. The molecule has 130 valence electrons. The second-order valence-electron chi connectivity index (χ2n) is 5.46. The van der Waals surface area contributed by atoms with Gasteiger partial charge in [0.1, 0.15) is 12.4 Å². The van der Waals surface area contributed by atoms with Gasteiger partial charge in [-0.2, -0.15) is 0 Å². The molecule has 0 heterocycles. The van der Waals surface area contributed by atoms with Crippen molar-refractivity contribution in [3.8, 4) is 5.75 Å². The molecule has 6 N–H and O–H groups in total. The Hall–Kier alpha value is -2.44. The van der Waals surface area contributed by atoms with E-state index in [0.29, 0.717) is 43.2 Å². The van der Waals surface area contributed by atoms with Crippen molar-refractivity contribution in [1.29, 1.82) is 0 Å². The van der Waals surface area contributed by atoms with Crippen LogP contribution in [0.3, 0.4) is 0 Å². The van der Waals surface area contributed by atoms with E-state index in [2.05, 4.69) is 0 Å². The zero-order valence-electron chi connectivity index (χ0n) is 13.7. The van der Waals surface area contributed by atoms with Crippen LogP contribution in [0, 0.1) is 0 Å². The molecule has 24 heavy (non-hydrogen) atoms. The van der Waals surface area contributed by atoms with Crippen molar-refractivity contribution in [2.24, 2.45) is 0 Å². The Balaban J connectivity index is 2.03. The molecular weight excluding hydrogens is 306 g/mol. The Morgan fingerprint density at radius 1 is 0.958 bits per heavy atom. The van der Waals surface area contributed by atoms with Crippen LogP contribution < -0.4 is 21.1 Å². The molecule has 0 saturated carbocycles. The summed E-state index contributed by atoms with van der Waals surface area (Å²) in [4.78, 5) is 2.04. The number of hydrogen-bond acceptors (Lipinski definition) is 6. The Labute approximate surface area is 142 Å². The number of hydrogen-bond donors (Lipinski definition) is 4. The van der Waals surface area contributed by atoms with E-state index in [0.717, 1.165) is 11.3 Å². The second kappa shape index (κ2) is 9.00. The van der Waals surface area contributed by atoms with E-state index in [9.17, 15) is 10.2 Å². The number of rotatable bonds is 9. The summed E-state index contributed by atoms with van der Waals surface area (Å²) < 4.78 is 5.74. The third kappa shape index (κ3) is 4.78. The lowest BCUT2D eigenvalue weighted by atomic mass is 10.1. The van der Waals surface area contributed by atoms with E-state index in [4.69, 9.17) is 16.2 Å². The second-order valence-corrected chi connectivity index (χ2v) is 5.46. The zero-order valence-corrected chi connectivity index (χ0v) is 13.7. The van der Waals surface area contributed by atoms with Crippen LogP contribution in [-0.2, 0) is 6.42 Å². The minimum atomic E-state index is 0.0392. The number of nitrogens with zero attached hydrogens (tertiary/aromatic N) is 1. The lowest BCUT2D eigenvalue weighted by Crippen LogP contribution is -2.32. The lowest BCUT2D eigenvalue weighted by molar-refractivity contribution is 0.289. The minimum Gasteiger partial charge on any atom is -0.490 e. The van der Waals surface area contributed by atoms with Gasteiger partial charge in [0.05, 0.1) is 18.8 Å². The molecule has 0 radical (unpaired) electrons. The van der Waals surface area contributed by atoms with Gasteiger partial charge < -0.3 is 31.3 Å². The van der Waals surface area contributed by atoms with Gasteiger partial charge in [-0.1, -0.05) is 18.2 Å². The Morgan fingerprint density at radius 2 is 1.75 bits per heavy atom. The summed E-state index contributed by atoms with van der Waals surface area (Å²) in [5.74, 6) is 0.594. The van der Waals surface area contributed by atoms with E-state index >= 15 is 0 Å². The predicted molar refractivity (Wildman–Crippen MR) is 97.3 cm³/mol. The molecular formula is C18H25N3O3. The average molecular weight is 331 g/mol. The third-order valence-corrected chi connectivity index (χ3v) is 3.74. The van der Waals surface area contributed by atoms with Crippen LogP contribution in [0.1, 0.15) is 5.56 Å². The van der Waals surface area contributed by atoms with Crippen molar-refractivity contribution in [3.05, 3.63) is 48.0 Å². The summed E-state index contributed by atoms with van der Waals surface area (Å²) in [5.41, 5.74) is 14.7. The molecule has 6 nitrogen and oxygen atoms in total.